The molecule has 0 unspecified atom stereocenters. The Morgan fingerprint density at radius 2 is 2.09 bits per heavy atom. The molecule has 0 amide bonds. The smallest absolute Gasteiger partial charge is 0.315 e. The third-order valence-electron chi connectivity index (χ3n) is 1.98. The number of hydrogen-bond donors (Lipinski definition) is 1. The first-order chi connectivity index (χ1) is 5.02. The lowest BCUT2D eigenvalue weighted by molar-refractivity contribution is -0.247. The lowest BCUT2D eigenvalue weighted by Crippen LogP contribution is -2.43. The first-order valence-electron chi connectivity index (χ1n) is 3.52. The molecule has 1 atom stereocenters. The highest BCUT2D eigenvalue weighted by atomic mass is 19.4. The van der Waals surface area contributed by atoms with Crippen molar-refractivity contribution in [1.82, 2.24) is 10.2 Å². The predicted molar refractivity (Wildman–Crippen MR) is 35.1 cm³/mol. The SMILES string of the molecule is CN([C@H]1CCNC1)C(F)(F)F. The Morgan fingerprint density at radius 3 is 2.45 bits per heavy atom. The average molecular weight is 168 g/mol. The predicted octanol–water partition coefficient (Wildman–Crippen LogP) is 0.800. The highest BCUT2D eigenvalue weighted by molar-refractivity contribution is 4.79. The van der Waals surface area contributed by atoms with E-state index >= 15 is 0 Å². The molecule has 1 N–H and O–H groups in total. The molecular weight excluding hydrogens is 157 g/mol. The second kappa shape index (κ2) is 2.98. The van der Waals surface area contributed by atoms with Crippen molar-refractivity contribution in [1.29, 1.82) is 0 Å². The molecule has 66 valence electrons. The van der Waals surface area contributed by atoms with Crippen molar-refractivity contribution in [3.05, 3.63) is 0 Å². The molecule has 2 nitrogen and oxygen atoms in total. The lowest BCUT2D eigenvalue weighted by Gasteiger charge is -2.25. The summed E-state index contributed by atoms with van der Waals surface area (Å²) in [6.07, 6.45) is -3.60. The second-order valence-electron chi connectivity index (χ2n) is 2.73. The fourth-order valence-electron chi connectivity index (χ4n) is 1.18. The molecular formula is C6H11F3N2. The van der Waals surface area contributed by atoms with E-state index in [4.69, 9.17) is 0 Å². The number of nitrogens with zero attached hydrogens (tertiary/aromatic N) is 1. The van der Waals surface area contributed by atoms with Crippen LogP contribution in [0, 0.1) is 0 Å². The zero-order chi connectivity index (χ0) is 8.48. The third-order valence-corrected chi connectivity index (χ3v) is 1.98. The standard InChI is InChI=1S/C6H11F3N2/c1-11(6(7,8)9)5-2-3-10-4-5/h5,10H,2-4H2,1H3/t5-/m0/s1. The van der Waals surface area contributed by atoms with Crippen molar-refractivity contribution in [2.45, 2.75) is 18.8 Å². The molecule has 0 bridgehead atoms. The maximum atomic E-state index is 12.0. The minimum Gasteiger partial charge on any atom is -0.315 e. The normalized spacial score (nSPS) is 26.5. The number of alkyl halides is 3. The summed E-state index contributed by atoms with van der Waals surface area (Å²) in [4.78, 5) is 0.465. The molecule has 1 rings (SSSR count). The van der Waals surface area contributed by atoms with Crippen molar-refractivity contribution >= 4 is 0 Å². The maximum Gasteiger partial charge on any atom is 0.459 e. The molecule has 1 aliphatic rings. The highest BCUT2D eigenvalue weighted by Crippen LogP contribution is 2.23. The maximum absolute atomic E-state index is 12.0. The van der Waals surface area contributed by atoms with Crippen LogP contribution in [-0.4, -0.2) is 37.4 Å². The summed E-state index contributed by atoms with van der Waals surface area (Å²) in [5, 5.41) is 2.88. The number of rotatable bonds is 1. The van der Waals surface area contributed by atoms with Crippen LogP contribution in [0.5, 0.6) is 0 Å². The topological polar surface area (TPSA) is 15.3 Å². The van der Waals surface area contributed by atoms with E-state index in [0.29, 0.717) is 24.4 Å². The van der Waals surface area contributed by atoms with Gasteiger partial charge in [-0.15, -0.1) is 0 Å². The monoisotopic (exact) mass is 168 g/mol. The van der Waals surface area contributed by atoms with E-state index in [0.717, 1.165) is 7.05 Å². The van der Waals surface area contributed by atoms with Crippen molar-refractivity contribution in [3.8, 4) is 0 Å². The summed E-state index contributed by atoms with van der Waals surface area (Å²) in [6, 6.07) is -0.380. The van der Waals surface area contributed by atoms with Gasteiger partial charge >= 0.3 is 6.30 Å². The van der Waals surface area contributed by atoms with Crippen LogP contribution in [0.15, 0.2) is 0 Å². The molecule has 1 fully saturated rings. The zero-order valence-electron chi connectivity index (χ0n) is 6.28. The Hall–Kier alpha value is -0.290. The van der Waals surface area contributed by atoms with Crippen LogP contribution < -0.4 is 5.32 Å². The molecule has 11 heavy (non-hydrogen) atoms. The molecule has 0 aromatic carbocycles. The van der Waals surface area contributed by atoms with Crippen molar-refractivity contribution in [2.75, 3.05) is 20.1 Å². The number of likely N-dealkylation sites (N-methyl/N-ethyl adjacent to an activating group) is 1. The summed E-state index contributed by atoms with van der Waals surface area (Å²) >= 11 is 0. The summed E-state index contributed by atoms with van der Waals surface area (Å²) in [5.74, 6) is 0. The van der Waals surface area contributed by atoms with Gasteiger partial charge in [-0.2, -0.15) is 13.2 Å². The Labute approximate surface area is 63.4 Å². The summed E-state index contributed by atoms with van der Waals surface area (Å²) in [5.41, 5.74) is 0. The van der Waals surface area contributed by atoms with Crippen LogP contribution in [-0.2, 0) is 0 Å². The molecule has 1 saturated heterocycles. The Balaban J connectivity index is 2.46. The fraction of sp³-hybridized carbons (Fsp3) is 1.00. The van der Waals surface area contributed by atoms with Gasteiger partial charge in [-0.05, 0) is 20.0 Å². The van der Waals surface area contributed by atoms with Gasteiger partial charge < -0.3 is 5.32 Å². The van der Waals surface area contributed by atoms with E-state index in [-0.39, 0.29) is 6.04 Å². The molecule has 1 aliphatic heterocycles. The Kier molecular flexibility index (Phi) is 2.39. The minimum absolute atomic E-state index is 0.380. The van der Waals surface area contributed by atoms with E-state index in [9.17, 15) is 13.2 Å². The van der Waals surface area contributed by atoms with Crippen LogP contribution >= 0.6 is 0 Å². The molecule has 1 heterocycles. The molecule has 0 spiro atoms. The Bertz CT molecular complexity index is 128. The Morgan fingerprint density at radius 1 is 1.45 bits per heavy atom. The highest BCUT2D eigenvalue weighted by Gasteiger charge is 2.39. The minimum atomic E-state index is -4.18. The van der Waals surface area contributed by atoms with Crippen molar-refractivity contribution in [3.63, 3.8) is 0 Å². The van der Waals surface area contributed by atoms with Crippen LogP contribution in [0.2, 0.25) is 0 Å². The van der Waals surface area contributed by atoms with Gasteiger partial charge in [0, 0.05) is 12.6 Å². The first-order valence-corrected chi connectivity index (χ1v) is 3.52. The van der Waals surface area contributed by atoms with Gasteiger partial charge in [0.25, 0.3) is 0 Å². The van der Waals surface area contributed by atoms with Crippen LogP contribution in [0.1, 0.15) is 6.42 Å². The van der Waals surface area contributed by atoms with Crippen LogP contribution in [0.25, 0.3) is 0 Å². The van der Waals surface area contributed by atoms with Gasteiger partial charge in [-0.1, -0.05) is 0 Å². The molecule has 0 aromatic rings. The third kappa shape index (κ3) is 2.07. The van der Waals surface area contributed by atoms with E-state index in [1.165, 1.54) is 0 Å². The van der Waals surface area contributed by atoms with Crippen LogP contribution in [0.4, 0.5) is 13.2 Å². The molecule has 5 heteroatoms. The number of halogens is 3. The zero-order valence-corrected chi connectivity index (χ0v) is 6.28. The molecule has 0 saturated carbocycles. The first kappa shape index (κ1) is 8.80. The van der Waals surface area contributed by atoms with Gasteiger partial charge in [0.2, 0.25) is 0 Å². The van der Waals surface area contributed by atoms with E-state index in [2.05, 4.69) is 5.32 Å². The average Bonchev–Trinajstić information content (AvgIpc) is 2.34. The van der Waals surface area contributed by atoms with Crippen molar-refractivity contribution < 1.29 is 13.2 Å². The summed E-state index contributed by atoms with van der Waals surface area (Å²) in [7, 11) is 1.09. The van der Waals surface area contributed by atoms with Gasteiger partial charge in [0.1, 0.15) is 0 Å². The molecule has 0 aliphatic carbocycles. The molecule has 0 aromatic heterocycles. The summed E-state index contributed by atoms with van der Waals surface area (Å²) in [6.45, 7) is 1.13. The van der Waals surface area contributed by atoms with Gasteiger partial charge in [0.15, 0.2) is 0 Å². The van der Waals surface area contributed by atoms with E-state index in [1.807, 2.05) is 0 Å². The van der Waals surface area contributed by atoms with Gasteiger partial charge in [0.05, 0.1) is 0 Å². The quantitative estimate of drug-likeness (QED) is 0.582. The van der Waals surface area contributed by atoms with E-state index in [1.54, 1.807) is 0 Å². The van der Waals surface area contributed by atoms with Crippen LogP contribution in [0.3, 0.4) is 0 Å². The summed E-state index contributed by atoms with van der Waals surface area (Å²) < 4.78 is 36.0. The van der Waals surface area contributed by atoms with E-state index < -0.39 is 6.30 Å². The lowest BCUT2D eigenvalue weighted by atomic mass is 10.2. The largest absolute Gasteiger partial charge is 0.459 e. The van der Waals surface area contributed by atoms with Gasteiger partial charge in [-0.3, -0.25) is 0 Å². The second-order valence-corrected chi connectivity index (χ2v) is 2.73. The fourth-order valence-corrected chi connectivity index (χ4v) is 1.18. The number of nitrogens with one attached hydrogen (secondary N) is 1. The van der Waals surface area contributed by atoms with Crippen molar-refractivity contribution in [2.24, 2.45) is 0 Å². The molecule has 0 radical (unpaired) electrons. The van der Waals surface area contributed by atoms with Gasteiger partial charge in [-0.25, -0.2) is 4.90 Å². The number of hydrogen-bond acceptors (Lipinski definition) is 2.